The molecule has 1 aliphatic carbocycles. The summed E-state index contributed by atoms with van der Waals surface area (Å²) in [5, 5.41) is 13.9. The minimum atomic E-state index is 0.220. The number of para-hydroxylation sites is 1. The smallest absolute Gasteiger partial charge is 0.115 e. The molecule has 0 aromatic heterocycles. The Morgan fingerprint density at radius 3 is 2.71 bits per heavy atom. The third-order valence-electron chi connectivity index (χ3n) is 4.60. The first-order chi connectivity index (χ1) is 10.2. The van der Waals surface area contributed by atoms with Crippen LogP contribution in [0.25, 0.3) is 0 Å². The van der Waals surface area contributed by atoms with E-state index < -0.39 is 0 Å². The fourth-order valence-corrected chi connectivity index (χ4v) is 3.83. The van der Waals surface area contributed by atoms with Crippen molar-refractivity contribution >= 4 is 17.3 Å². The molecule has 0 fully saturated rings. The summed E-state index contributed by atoms with van der Waals surface area (Å²) in [5.41, 5.74) is 3.53. The lowest BCUT2D eigenvalue weighted by atomic mass is 9.77. The molecule has 2 aliphatic rings. The normalized spacial score (nSPS) is 26.0. The van der Waals surface area contributed by atoms with Gasteiger partial charge in [0.2, 0.25) is 0 Å². The zero-order valence-corrected chi connectivity index (χ0v) is 12.2. The van der Waals surface area contributed by atoms with Crippen LogP contribution >= 0.6 is 11.6 Å². The van der Waals surface area contributed by atoms with Crippen molar-refractivity contribution in [2.75, 3.05) is 5.32 Å². The minimum Gasteiger partial charge on any atom is -0.508 e. The summed E-state index contributed by atoms with van der Waals surface area (Å²) in [6, 6.07) is 13.8. The van der Waals surface area contributed by atoms with Gasteiger partial charge in [0.25, 0.3) is 0 Å². The van der Waals surface area contributed by atoms with E-state index in [0.717, 1.165) is 17.1 Å². The SMILES string of the molecule is Oc1ccc(C2Nc3c(Cl)cccc3C3C=CCC32)cc1. The van der Waals surface area contributed by atoms with Crippen LogP contribution in [0.2, 0.25) is 5.02 Å². The number of nitrogens with one attached hydrogen (secondary N) is 1. The number of fused-ring (bicyclic) bond motifs is 3. The average molecular weight is 298 g/mol. The molecule has 2 aromatic rings. The summed E-state index contributed by atoms with van der Waals surface area (Å²) in [5.74, 6) is 1.22. The molecule has 2 N–H and O–H groups in total. The van der Waals surface area contributed by atoms with E-state index in [9.17, 15) is 5.11 Å². The van der Waals surface area contributed by atoms with E-state index in [1.807, 2.05) is 24.3 Å². The maximum atomic E-state index is 9.49. The zero-order chi connectivity index (χ0) is 14.4. The van der Waals surface area contributed by atoms with Crippen molar-refractivity contribution in [3.63, 3.8) is 0 Å². The van der Waals surface area contributed by atoms with E-state index in [-0.39, 0.29) is 6.04 Å². The summed E-state index contributed by atoms with van der Waals surface area (Å²) in [6.07, 6.45) is 5.63. The second kappa shape index (κ2) is 4.81. The number of anilines is 1. The van der Waals surface area contributed by atoms with Gasteiger partial charge in [-0.15, -0.1) is 0 Å². The minimum absolute atomic E-state index is 0.220. The number of hydrogen-bond acceptors (Lipinski definition) is 2. The van der Waals surface area contributed by atoms with Crippen LogP contribution in [0.4, 0.5) is 5.69 Å². The molecule has 3 unspecified atom stereocenters. The molecule has 1 heterocycles. The van der Waals surface area contributed by atoms with Crippen molar-refractivity contribution in [1.82, 2.24) is 0 Å². The maximum Gasteiger partial charge on any atom is 0.115 e. The van der Waals surface area contributed by atoms with Crippen LogP contribution in [0, 0.1) is 5.92 Å². The van der Waals surface area contributed by atoms with Crippen molar-refractivity contribution in [1.29, 1.82) is 0 Å². The second-order valence-electron chi connectivity index (χ2n) is 5.77. The second-order valence-corrected chi connectivity index (χ2v) is 6.18. The molecular weight excluding hydrogens is 282 g/mol. The number of allylic oxidation sites excluding steroid dienone is 2. The van der Waals surface area contributed by atoms with Crippen LogP contribution < -0.4 is 5.32 Å². The van der Waals surface area contributed by atoms with Crippen LogP contribution in [0.15, 0.2) is 54.6 Å². The third kappa shape index (κ3) is 2.02. The largest absolute Gasteiger partial charge is 0.508 e. The van der Waals surface area contributed by atoms with E-state index >= 15 is 0 Å². The Balaban J connectivity index is 1.81. The zero-order valence-electron chi connectivity index (χ0n) is 11.5. The van der Waals surface area contributed by atoms with Gasteiger partial charge in [-0.05, 0) is 41.7 Å². The van der Waals surface area contributed by atoms with Crippen molar-refractivity contribution < 1.29 is 5.11 Å². The summed E-state index contributed by atoms with van der Waals surface area (Å²) < 4.78 is 0. The van der Waals surface area contributed by atoms with E-state index in [1.54, 1.807) is 12.1 Å². The molecular formula is C18H16ClNO. The molecule has 21 heavy (non-hydrogen) atoms. The monoisotopic (exact) mass is 297 g/mol. The van der Waals surface area contributed by atoms with Gasteiger partial charge in [-0.2, -0.15) is 0 Å². The standard InChI is InChI=1S/C18H16ClNO/c19-16-6-2-5-15-13-3-1-4-14(13)17(20-18(15)16)11-7-9-12(21)10-8-11/h1-3,5-10,13-14,17,20-21H,4H2. The number of halogens is 1. The third-order valence-corrected chi connectivity index (χ3v) is 4.91. The molecule has 2 nitrogen and oxygen atoms in total. The van der Waals surface area contributed by atoms with Gasteiger partial charge < -0.3 is 10.4 Å². The number of benzene rings is 2. The molecule has 3 atom stereocenters. The Kier molecular flexibility index (Phi) is 2.93. The Hall–Kier alpha value is -1.93. The van der Waals surface area contributed by atoms with E-state index in [2.05, 4.69) is 23.5 Å². The summed E-state index contributed by atoms with van der Waals surface area (Å²) >= 11 is 6.38. The number of phenolic OH excluding ortho intramolecular Hbond substituents is 1. The molecule has 0 bridgehead atoms. The topological polar surface area (TPSA) is 32.3 Å². The molecule has 2 aromatic carbocycles. The first-order valence-corrected chi connectivity index (χ1v) is 7.62. The molecule has 0 saturated heterocycles. The Bertz CT molecular complexity index is 708. The van der Waals surface area contributed by atoms with Crippen LogP contribution in [-0.2, 0) is 0 Å². The highest BCUT2D eigenvalue weighted by molar-refractivity contribution is 6.33. The van der Waals surface area contributed by atoms with Gasteiger partial charge in [0.05, 0.1) is 16.8 Å². The number of phenols is 1. The van der Waals surface area contributed by atoms with Crippen LogP contribution in [0.1, 0.15) is 29.5 Å². The van der Waals surface area contributed by atoms with Gasteiger partial charge >= 0.3 is 0 Å². The van der Waals surface area contributed by atoms with Crippen LogP contribution in [0.3, 0.4) is 0 Å². The highest BCUT2D eigenvalue weighted by Gasteiger charge is 2.38. The Morgan fingerprint density at radius 1 is 1.10 bits per heavy atom. The van der Waals surface area contributed by atoms with Crippen molar-refractivity contribution in [2.24, 2.45) is 5.92 Å². The fraction of sp³-hybridized carbons (Fsp3) is 0.222. The lowest BCUT2D eigenvalue weighted by molar-refractivity contribution is 0.424. The number of aromatic hydroxyl groups is 1. The van der Waals surface area contributed by atoms with Crippen molar-refractivity contribution in [3.05, 3.63) is 70.8 Å². The Morgan fingerprint density at radius 2 is 1.90 bits per heavy atom. The van der Waals surface area contributed by atoms with Gasteiger partial charge in [-0.1, -0.05) is 48.0 Å². The van der Waals surface area contributed by atoms with E-state index in [4.69, 9.17) is 11.6 Å². The van der Waals surface area contributed by atoms with E-state index in [1.165, 1.54) is 11.1 Å². The lowest BCUT2D eigenvalue weighted by Crippen LogP contribution is -2.29. The predicted molar refractivity (Wildman–Crippen MR) is 85.9 cm³/mol. The molecule has 1 aliphatic heterocycles. The first kappa shape index (κ1) is 12.8. The molecule has 4 rings (SSSR count). The molecule has 0 radical (unpaired) electrons. The average Bonchev–Trinajstić information content (AvgIpc) is 2.98. The molecule has 0 saturated carbocycles. The number of hydrogen-bond donors (Lipinski definition) is 2. The van der Waals surface area contributed by atoms with Crippen LogP contribution in [0.5, 0.6) is 5.75 Å². The molecule has 0 amide bonds. The lowest BCUT2D eigenvalue weighted by Gasteiger charge is -2.38. The van der Waals surface area contributed by atoms with Gasteiger partial charge in [-0.25, -0.2) is 0 Å². The molecule has 106 valence electrons. The van der Waals surface area contributed by atoms with Gasteiger partial charge in [0, 0.05) is 5.92 Å². The quantitative estimate of drug-likeness (QED) is 0.736. The first-order valence-electron chi connectivity index (χ1n) is 7.24. The summed E-state index contributed by atoms with van der Waals surface area (Å²) in [7, 11) is 0. The number of rotatable bonds is 1. The van der Waals surface area contributed by atoms with Gasteiger partial charge in [0.1, 0.15) is 5.75 Å². The highest BCUT2D eigenvalue weighted by atomic mass is 35.5. The van der Waals surface area contributed by atoms with Crippen molar-refractivity contribution in [2.45, 2.75) is 18.4 Å². The molecule has 3 heteroatoms. The predicted octanol–water partition coefficient (Wildman–Crippen LogP) is 4.87. The van der Waals surface area contributed by atoms with Gasteiger partial charge in [0.15, 0.2) is 0 Å². The maximum absolute atomic E-state index is 9.49. The summed E-state index contributed by atoms with van der Waals surface area (Å²) in [6.45, 7) is 0. The van der Waals surface area contributed by atoms with Crippen LogP contribution in [-0.4, -0.2) is 5.11 Å². The fourth-order valence-electron chi connectivity index (χ4n) is 3.59. The van der Waals surface area contributed by atoms with Crippen molar-refractivity contribution in [3.8, 4) is 5.75 Å². The van der Waals surface area contributed by atoms with E-state index in [0.29, 0.717) is 17.6 Å². The Labute approximate surface area is 129 Å². The molecule has 0 spiro atoms. The summed E-state index contributed by atoms with van der Waals surface area (Å²) in [4.78, 5) is 0. The van der Waals surface area contributed by atoms with Gasteiger partial charge in [-0.3, -0.25) is 0 Å². The highest BCUT2D eigenvalue weighted by Crippen LogP contribution is 2.51.